The lowest BCUT2D eigenvalue weighted by atomic mass is 10.2. The maximum atomic E-state index is 12.4. The van der Waals surface area contributed by atoms with Gasteiger partial charge in [-0.1, -0.05) is 0 Å². The molecule has 0 atom stereocenters. The van der Waals surface area contributed by atoms with Crippen molar-refractivity contribution in [1.82, 2.24) is 4.90 Å². The second-order valence-corrected chi connectivity index (χ2v) is 5.48. The van der Waals surface area contributed by atoms with Crippen molar-refractivity contribution in [1.29, 1.82) is 0 Å². The van der Waals surface area contributed by atoms with Gasteiger partial charge < -0.3 is 10.0 Å². The highest BCUT2D eigenvalue weighted by atomic mass is 32.2. The van der Waals surface area contributed by atoms with E-state index in [1.54, 1.807) is 16.7 Å². The summed E-state index contributed by atoms with van der Waals surface area (Å²) in [6.45, 7) is 0.295. The van der Waals surface area contributed by atoms with Gasteiger partial charge in [0.05, 0.1) is 6.42 Å². The van der Waals surface area contributed by atoms with Crippen molar-refractivity contribution in [3.8, 4) is 0 Å². The summed E-state index contributed by atoms with van der Waals surface area (Å²) in [6, 6.07) is 7.68. The van der Waals surface area contributed by atoms with Gasteiger partial charge in [0.15, 0.2) is 0 Å². The Morgan fingerprint density at radius 3 is 2.42 bits per heavy atom. The first-order chi connectivity index (χ1) is 9.11. The Kier molecular flexibility index (Phi) is 4.47. The molecule has 102 valence electrons. The number of carbonyl (C=O) groups excluding carboxylic acids is 1. The van der Waals surface area contributed by atoms with Crippen LogP contribution in [-0.4, -0.2) is 40.7 Å². The Labute approximate surface area is 116 Å². The predicted octanol–water partition coefficient (Wildman–Crippen LogP) is 2.49. The number of benzene rings is 1. The summed E-state index contributed by atoms with van der Waals surface area (Å²) < 4.78 is 0. The number of amides is 1. The van der Waals surface area contributed by atoms with Crippen LogP contribution in [0.25, 0.3) is 0 Å². The van der Waals surface area contributed by atoms with E-state index in [0.717, 1.165) is 17.7 Å². The van der Waals surface area contributed by atoms with Gasteiger partial charge in [0.1, 0.15) is 0 Å². The molecule has 0 aromatic heterocycles. The van der Waals surface area contributed by atoms with Crippen LogP contribution in [0.5, 0.6) is 0 Å². The fourth-order valence-corrected chi connectivity index (χ4v) is 2.36. The van der Waals surface area contributed by atoms with Crippen LogP contribution in [0.1, 0.15) is 29.6 Å². The summed E-state index contributed by atoms with van der Waals surface area (Å²) in [5.74, 6) is -0.924. The van der Waals surface area contributed by atoms with Crippen molar-refractivity contribution in [3.63, 3.8) is 0 Å². The number of thioether (sulfide) groups is 1. The molecule has 0 aliphatic heterocycles. The number of carbonyl (C=O) groups is 2. The Balaban J connectivity index is 2.07. The predicted molar refractivity (Wildman–Crippen MR) is 74.5 cm³/mol. The third-order valence-corrected chi connectivity index (χ3v) is 3.90. The standard InChI is InChI=1S/C14H17NO3S/c1-19-12-6-2-10(3-7-12)14(18)15(11-4-5-11)9-8-13(16)17/h2-3,6-7,11H,4-5,8-9H2,1H3,(H,16,17). The van der Waals surface area contributed by atoms with Crippen LogP contribution in [0, 0.1) is 0 Å². The Morgan fingerprint density at radius 2 is 1.95 bits per heavy atom. The molecule has 2 rings (SSSR count). The largest absolute Gasteiger partial charge is 0.481 e. The smallest absolute Gasteiger partial charge is 0.305 e. The highest BCUT2D eigenvalue weighted by Crippen LogP contribution is 2.28. The van der Waals surface area contributed by atoms with Gasteiger partial charge in [-0.15, -0.1) is 11.8 Å². The minimum absolute atomic E-state index is 0.00509. The molecule has 0 heterocycles. The van der Waals surface area contributed by atoms with Crippen LogP contribution in [-0.2, 0) is 4.79 Å². The summed E-state index contributed by atoms with van der Waals surface area (Å²) in [7, 11) is 0. The number of nitrogens with zero attached hydrogens (tertiary/aromatic N) is 1. The van der Waals surface area contributed by atoms with E-state index in [0.29, 0.717) is 12.1 Å². The van der Waals surface area contributed by atoms with Gasteiger partial charge in [0, 0.05) is 23.0 Å². The third kappa shape index (κ3) is 3.73. The number of aliphatic carboxylic acids is 1. The van der Waals surface area contributed by atoms with Crippen LogP contribution in [0.15, 0.2) is 29.2 Å². The molecule has 1 aromatic rings. The topological polar surface area (TPSA) is 57.6 Å². The van der Waals surface area contributed by atoms with Crippen molar-refractivity contribution >= 4 is 23.6 Å². The van der Waals surface area contributed by atoms with E-state index in [4.69, 9.17) is 5.11 Å². The molecule has 1 aromatic carbocycles. The maximum absolute atomic E-state index is 12.4. The quantitative estimate of drug-likeness (QED) is 0.813. The van der Waals surface area contributed by atoms with Gasteiger partial charge in [-0.05, 0) is 43.4 Å². The molecule has 0 unspecified atom stereocenters. The van der Waals surface area contributed by atoms with Crippen molar-refractivity contribution in [2.45, 2.75) is 30.2 Å². The number of hydrogen-bond donors (Lipinski definition) is 1. The minimum Gasteiger partial charge on any atom is -0.481 e. The number of carboxylic acid groups (broad SMARTS) is 1. The molecule has 0 bridgehead atoms. The summed E-state index contributed by atoms with van der Waals surface area (Å²) in [4.78, 5) is 25.8. The number of hydrogen-bond acceptors (Lipinski definition) is 3. The minimum atomic E-state index is -0.865. The van der Waals surface area contributed by atoms with Gasteiger partial charge in [-0.3, -0.25) is 9.59 Å². The fourth-order valence-electron chi connectivity index (χ4n) is 1.95. The first-order valence-corrected chi connectivity index (χ1v) is 7.51. The molecule has 1 aliphatic carbocycles. The first-order valence-electron chi connectivity index (χ1n) is 6.28. The third-order valence-electron chi connectivity index (χ3n) is 3.15. The number of carboxylic acids is 1. The van der Waals surface area contributed by atoms with Gasteiger partial charge in [-0.25, -0.2) is 0 Å². The van der Waals surface area contributed by atoms with Gasteiger partial charge in [-0.2, -0.15) is 0 Å². The molecule has 1 fully saturated rings. The highest BCUT2D eigenvalue weighted by Gasteiger charge is 2.33. The van der Waals surface area contributed by atoms with E-state index in [9.17, 15) is 9.59 Å². The van der Waals surface area contributed by atoms with Gasteiger partial charge in [0.25, 0.3) is 5.91 Å². The van der Waals surface area contributed by atoms with Crippen molar-refractivity contribution in [3.05, 3.63) is 29.8 Å². The molecular weight excluding hydrogens is 262 g/mol. The zero-order chi connectivity index (χ0) is 13.8. The second-order valence-electron chi connectivity index (χ2n) is 4.60. The average molecular weight is 279 g/mol. The summed E-state index contributed by atoms with van der Waals surface area (Å²) in [5, 5.41) is 8.74. The highest BCUT2D eigenvalue weighted by molar-refractivity contribution is 7.98. The molecule has 0 radical (unpaired) electrons. The molecule has 0 saturated heterocycles. The molecule has 1 saturated carbocycles. The van der Waals surface area contributed by atoms with Gasteiger partial charge in [0.2, 0.25) is 0 Å². The molecule has 19 heavy (non-hydrogen) atoms. The molecule has 1 amide bonds. The first kappa shape index (κ1) is 13.9. The monoisotopic (exact) mass is 279 g/mol. The Bertz CT molecular complexity index is 468. The lowest BCUT2D eigenvalue weighted by Crippen LogP contribution is -2.34. The van der Waals surface area contributed by atoms with Crippen LogP contribution in [0.3, 0.4) is 0 Å². The van der Waals surface area contributed by atoms with Crippen molar-refractivity contribution < 1.29 is 14.7 Å². The van der Waals surface area contributed by atoms with E-state index in [1.807, 2.05) is 30.5 Å². The van der Waals surface area contributed by atoms with Crippen LogP contribution in [0.4, 0.5) is 0 Å². The Morgan fingerprint density at radius 1 is 1.32 bits per heavy atom. The molecule has 1 aliphatic rings. The zero-order valence-corrected chi connectivity index (χ0v) is 11.7. The maximum Gasteiger partial charge on any atom is 0.305 e. The summed E-state index contributed by atoms with van der Waals surface area (Å²) in [6.07, 6.45) is 3.95. The van der Waals surface area contributed by atoms with E-state index >= 15 is 0 Å². The molecule has 1 N–H and O–H groups in total. The van der Waals surface area contributed by atoms with E-state index < -0.39 is 5.97 Å². The van der Waals surface area contributed by atoms with Crippen molar-refractivity contribution in [2.75, 3.05) is 12.8 Å². The molecular formula is C14H17NO3S. The van der Waals surface area contributed by atoms with Crippen LogP contribution >= 0.6 is 11.8 Å². The van der Waals surface area contributed by atoms with E-state index in [1.165, 1.54) is 0 Å². The van der Waals surface area contributed by atoms with E-state index in [2.05, 4.69) is 0 Å². The summed E-state index contributed by atoms with van der Waals surface area (Å²) >= 11 is 1.63. The zero-order valence-electron chi connectivity index (χ0n) is 10.8. The average Bonchev–Trinajstić information content (AvgIpc) is 3.23. The SMILES string of the molecule is CSc1ccc(C(=O)N(CCC(=O)O)C2CC2)cc1. The normalized spacial score (nSPS) is 14.2. The van der Waals surface area contributed by atoms with Gasteiger partial charge >= 0.3 is 5.97 Å². The van der Waals surface area contributed by atoms with Crippen LogP contribution < -0.4 is 0 Å². The Hall–Kier alpha value is -1.49. The summed E-state index contributed by atoms with van der Waals surface area (Å²) in [5.41, 5.74) is 0.634. The van der Waals surface area contributed by atoms with E-state index in [-0.39, 0.29) is 18.4 Å². The lowest BCUT2D eigenvalue weighted by Gasteiger charge is -2.21. The molecule has 0 spiro atoms. The second kappa shape index (κ2) is 6.10. The lowest BCUT2D eigenvalue weighted by molar-refractivity contribution is -0.137. The molecule has 4 nitrogen and oxygen atoms in total. The number of rotatable bonds is 6. The van der Waals surface area contributed by atoms with Crippen molar-refractivity contribution in [2.24, 2.45) is 0 Å². The van der Waals surface area contributed by atoms with Crippen LogP contribution in [0.2, 0.25) is 0 Å². The fraction of sp³-hybridized carbons (Fsp3) is 0.429. The molecule has 5 heteroatoms.